The maximum atomic E-state index is 13.3. The SMILES string of the molecule is CCc1cccc(CC)c1NC(N)=NCc1ccc(O)c(F)c1. The number of nitrogens with zero attached hydrogens (tertiary/aromatic N) is 1. The molecule has 2 aromatic carbocycles. The van der Waals surface area contributed by atoms with E-state index < -0.39 is 5.82 Å². The lowest BCUT2D eigenvalue weighted by Gasteiger charge is -2.14. The largest absolute Gasteiger partial charge is 0.505 e. The molecule has 0 spiro atoms. The zero-order valence-corrected chi connectivity index (χ0v) is 13.4. The van der Waals surface area contributed by atoms with E-state index in [1.165, 1.54) is 23.3 Å². The number of nitrogens with one attached hydrogen (secondary N) is 1. The molecule has 0 amide bonds. The first-order valence-electron chi connectivity index (χ1n) is 7.70. The standard InChI is InChI=1S/C18H22FN3O/c1-3-13-6-5-7-14(4-2)17(13)22-18(20)21-11-12-8-9-16(23)15(19)10-12/h5-10,23H,3-4,11H2,1-2H3,(H3,20,21,22). The van der Waals surface area contributed by atoms with Gasteiger partial charge in [-0.15, -0.1) is 0 Å². The molecule has 4 nitrogen and oxygen atoms in total. The summed E-state index contributed by atoms with van der Waals surface area (Å²) in [4.78, 5) is 4.25. The van der Waals surface area contributed by atoms with E-state index >= 15 is 0 Å². The monoisotopic (exact) mass is 315 g/mol. The molecule has 0 atom stereocenters. The second-order valence-corrected chi connectivity index (χ2v) is 5.27. The van der Waals surface area contributed by atoms with Gasteiger partial charge in [-0.3, -0.25) is 0 Å². The fourth-order valence-electron chi connectivity index (χ4n) is 2.40. The molecular weight excluding hydrogens is 293 g/mol. The molecule has 0 fully saturated rings. The molecule has 0 saturated carbocycles. The van der Waals surface area contributed by atoms with E-state index in [0.29, 0.717) is 5.56 Å². The molecule has 0 radical (unpaired) electrons. The number of aliphatic imine (C=N–C) groups is 1. The zero-order valence-electron chi connectivity index (χ0n) is 13.4. The summed E-state index contributed by atoms with van der Waals surface area (Å²) in [6, 6.07) is 10.3. The van der Waals surface area contributed by atoms with Gasteiger partial charge >= 0.3 is 0 Å². The summed E-state index contributed by atoms with van der Waals surface area (Å²) in [6.07, 6.45) is 1.79. The van der Waals surface area contributed by atoms with Crippen LogP contribution in [0.1, 0.15) is 30.5 Å². The first kappa shape index (κ1) is 16.8. The number of nitrogens with two attached hydrogens (primary N) is 1. The molecule has 5 heteroatoms. The first-order chi connectivity index (χ1) is 11.0. The molecule has 0 aromatic heterocycles. The molecule has 2 aromatic rings. The Morgan fingerprint density at radius 2 is 1.83 bits per heavy atom. The lowest BCUT2D eigenvalue weighted by atomic mass is 10.0. The van der Waals surface area contributed by atoms with E-state index in [1.54, 1.807) is 6.07 Å². The highest BCUT2D eigenvalue weighted by molar-refractivity contribution is 5.93. The predicted octanol–water partition coefficient (Wildman–Crippen LogP) is 3.58. The normalized spacial score (nSPS) is 11.5. The second-order valence-electron chi connectivity index (χ2n) is 5.27. The Kier molecular flexibility index (Phi) is 5.57. The fraction of sp³-hybridized carbons (Fsp3) is 0.278. The van der Waals surface area contributed by atoms with Gasteiger partial charge in [0.2, 0.25) is 0 Å². The van der Waals surface area contributed by atoms with Crippen LogP contribution in [0, 0.1) is 5.82 Å². The molecule has 0 saturated heterocycles. The topological polar surface area (TPSA) is 70.6 Å². The van der Waals surface area contributed by atoms with Crippen LogP contribution >= 0.6 is 0 Å². The van der Waals surface area contributed by atoms with Gasteiger partial charge in [-0.05, 0) is 41.7 Å². The van der Waals surface area contributed by atoms with Crippen molar-refractivity contribution in [2.45, 2.75) is 33.2 Å². The number of hydrogen-bond donors (Lipinski definition) is 3. The molecule has 23 heavy (non-hydrogen) atoms. The molecule has 0 aliphatic heterocycles. The summed E-state index contributed by atoms with van der Waals surface area (Å²) in [5, 5.41) is 12.3. The highest BCUT2D eigenvalue weighted by Gasteiger charge is 2.07. The van der Waals surface area contributed by atoms with Gasteiger partial charge in [-0.1, -0.05) is 38.1 Å². The smallest absolute Gasteiger partial charge is 0.193 e. The number of halogens is 1. The van der Waals surface area contributed by atoms with Crippen LogP contribution in [0.5, 0.6) is 5.75 Å². The van der Waals surface area contributed by atoms with E-state index in [4.69, 9.17) is 5.73 Å². The van der Waals surface area contributed by atoms with E-state index in [2.05, 4.69) is 36.3 Å². The van der Waals surface area contributed by atoms with Crippen LogP contribution in [0.2, 0.25) is 0 Å². The minimum Gasteiger partial charge on any atom is -0.505 e. The van der Waals surface area contributed by atoms with Crippen molar-refractivity contribution in [1.82, 2.24) is 0 Å². The Hall–Kier alpha value is -2.56. The van der Waals surface area contributed by atoms with E-state index in [-0.39, 0.29) is 18.3 Å². The van der Waals surface area contributed by atoms with Crippen molar-refractivity contribution >= 4 is 11.6 Å². The molecule has 2 rings (SSSR count). The molecule has 0 aliphatic rings. The van der Waals surface area contributed by atoms with Crippen LogP contribution in [-0.2, 0) is 19.4 Å². The second kappa shape index (κ2) is 7.63. The van der Waals surface area contributed by atoms with Crippen LogP contribution < -0.4 is 11.1 Å². The molecule has 0 bridgehead atoms. The molecule has 122 valence electrons. The third kappa shape index (κ3) is 4.22. The average Bonchev–Trinajstić information content (AvgIpc) is 2.56. The summed E-state index contributed by atoms with van der Waals surface area (Å²) in [7, 11) is 0. The third-order valence-corrected chi connectivity index (χ3v) is 3.70. The lowest BCUT2D eigenvalue weighted by Crippen LogP contribution is -2.24. The molecule has 4 N–H and O–H groups in total. The Morgan fingerprint density at radius 3 is 2.39 bits per heavy atom. The number of anilines is 1. The van der Waals surface area contributed by atoms with Crippen molar-refractivity contribution in [3.8, 4) is 5.75 Å². The number of guanidine groups is 1. The summed E-state index contributed by atoms with van der Waals surface area (Å²) >= 11 is 0. The molecule has 0 aliphatic carbocycles. The fourth-order valence-corrected chi connectivity index (χ4v) is 2.40. The average molecular weight is 315 g/mol. The van der Waals surface area contributed by atoms with E-state index in [9.17, 15) is 9.50 Å². The van der Waals surface area contributed by atoms with Crippen molar-refractivity contribution < 1.29 is 9.50 Å². The lowest BCUT2D eigenvalue weighted by molar-refractivity contribution is 0.432. The summed E-state index contributed by atoms with van der Waals surface area (Å²) < 4.78 is 13.3. The third-order valence-electron chi connectivity index (χ3n) is 3.70. The van der Waals surface area contributed by atoms with Gasteiger partial charge in [0.1, 0.15) is 0 Å². The van der Waals surface area contributed by atoms with Crippen LogP contribution in [0.3, 0.4) is 0 Å². The predicted molar refractivity (Wildman–Crippen MR) is 92.2 cm³/mol. The maximum Gasteiger partial charge on any atom is 0.193 e. The minimum atomic E-state index is -0.658. The van der Waals surface area contributed by atoms with Crippen molar-refractivity contribution in [1.29, 1.82) is 0 Å². The number of phenolic OH excluding ortho intramolecular Hbond substituents is 1. The molecular formula is C18H22FN3O. The van der Waals surface area contributed by atoms with Crippen LogP contribution in [-0.4, -0.2) is 11.1 Å². The number of para-hydroxylation sites is 1. The van der Waals surface area contributed by atoms with Crippen LogP contribution in [0.25, 0.3) is 0 Å². The first-order valence-corrected chi connectivity index (χ1v) is 7.70. The number of aromatic hydroxyl groups is 1. The van der Waals surface area contributed by atoms with E-state index in [1.807, 2.05) is 6.07 Å². The number of aryl methyl sites for hydroxylation is 2. The van der Waals surface area contributed by atoms with Crippen LogP contribution in [0.15, 0.2) is 41.4 Å². The summed E-state index contributed by atoms with van der Waals surface area (Å²) in [5.74, 6) is -0.740. The Balaban J connectivity index is 2.15. The van der Waals surface area contributed by atoms with Crippen molar-refractivity contribution in [2.24, 2.45) is 10.7 Å². The van der Waals surface area contributed by atoms with Gasteiger partial charge in [0.15, 0.2) is 17.5 Å². The molecule has 0 heterocycles. The maximum absolute atomic E-state index is 13.3. The quantitative estimate of drug-likeness (QED) is 0.583. The van der Waals surface area contributed by atoms with Gasteiger partial charge in [0.05, 0.1) is 6.54 Å². The Morgan fingerprint density at radius 1 is 1.17 bits per heavy atom. The van der Waals surface area contributed by atoms with Crippen molar-refractivity contribution in [3.05, 3.63) is 58.9 Å². The Bertz CT molecular complexity index is 691. The van der Waals surface area contributed by atoms with Crippen molar-refractivity contribution in [3.63, 3.8) is 0 Å². The summed E-state index contributed by atoms with van der Waals surface area (Å²) in [5.41, 5.74) is 9.96. The zero-order chi connectivity index (χ0) is 16.8. The summed E-state index contributed by atoms with van der Waals surface area (Å²) in [6.45, 7) is 4.42. The molecule has 0 unspecified atom stereocenters. The van der Waals surface area contributed by atoms with Gasteiger partial charge in [-0.25, -0.2) is 9.38 Å². The number of benzene rings is 2. The number of phenols is 1. The van der Waals surface area contributed by atoms with Gasteiger partial charge in [-0.2, -0.15) is 0 Å². The van der Waals surface area contributed by atoms with Gasteiger partial charge in [0.25, 0.3) is 0 Å². The number of hydrogen-bond acceptors (Lipinski definition) is 2. The van der Waals surface area contributed by atoms with Gasteiger partial charge < -0.3 is 16.2 Å². The van der Waals surface area contributed by atoms with Gasteiger partial charge in [0, 0.05) is 5.69 Å². The van der Waals surface area contributed by atoms with Crippen molar-refractivity contribution in [2.75, 3.05) is 5.32 Å². The minimum absolute atomic E-state index is 0.242. The highest BCUT2D eigenvalue weighted by Crippen LogP contribution is 2.22. The van der Waals surface area contributed by atoms with E-state index in [0.717, 1.165) is 18.5 Å². The highest BCUT2D eigenvalue weighted by atomic mass is 19.1. The number of rotatable bonds is 5. The Labute approximate surface area is 135 Å². The van der Waals surface area contributed by atoms with Crippen LogP contribution in [0.4, 0.5) is 10.1 Å².